The van der Waals surface area contributed by atoms with Gasteiger partial charge in [-0.05, 0) is 24.8 Å². The number of nitrogens with one attached hydrogen (secondary N) is 3. The largest absolute Gasteiger partial charge is 0.463 e. The molecule has 1 saturated heterocycles. The molecular formula is C30H43N3O12. The molecule has 1 aromatic rings. The van der Waals surface area contributed by atoms with Crippen LogP contribution in [0.3, 0.4) is 0 Å². The average Bonchev–Trinajstić information content (AvgIpc) is 2.97. The van der Waals surface area contributed by atoms with Gasteiger partial charge >= 0.3 is 24.0 Å². The molecule has 0 aromatic heterocycles. The first kappa shape index (κ1) is 36.9. The van der Waals surface area contributed by atoms with Crippen molar-refractivity contribution in [2.45, 2.75) is 90.6 Å². The first-order valence-corrected chi connectivity index (χ1v) is 14.7. The molecule has 0 aliphatic carbocycles. The summed E-state index contributed by atoms with van der Waals surface area (Å²) in [6.07, 6.45) is -3.53. The molecule has 1 heterocycles. The highest BCUT2D eigenvalue weighted by atomic mass is 16.7. The van der Waals surface area contributed by atoms with Crippen LogP contribution in [0.4, 0.5) is 4.79 Å². The molecule has 3 N–H and O–H groups in total. The fourth-order valence-electron chi connectivity index (χ4n) is 4.39. The second-order valence-electron chi connectivity index (χ2n) is 10.2. The number of amides is 3. The summed E-state index contributed by atoms with van der Waals surface area (Å²) in [4.78, 5) is 71.2. The van der Waals surface area contributed by atoms with Gasteiger partial charge in [-0.15, -0.1) is 0 Å². The van der Waals surface area contributed by atoms with Crippen molar-refractivity contribution < 1.29 is 57.2 Å². The fraction of sp³-hybridized carbons (Fsp3) is 0.600. The standard InChI is InChI=1S/C30H43N3O12/c1-19(34)33-26-28(44-22(4)37)27(43-21(3)36)24(18-41-20(2)35)45-29(26)40-16-9-8-13-25(38)31-14-10-15-32-30(39)42-17-23-11-6-5-7-12-23/h5-7,11-12,24,26-29H,8-10,13-18H2,1-4H3,(H,31,38)(H,32,39)(H,33,34). The van der Waals surface area contributed by atoms with Crippen molar-refractivity contribution in [1.82, 2.24) is 16.0 Å². The second kappa shape index (κ2) is 19.9. The summed E-state index contributed by atoms with van der Waals surface area (Å²) >= 11 is 0. The minimum Gasteiger partial charge on any atom is -0.463 e. The maximum atomic E-state index is 12.2. The molecule has 1 aromatic carbocycles. The van der Waals surface area contributed by atoms with Gasteiger partial charge in [-0.3, -0.25) is 24.0 Å². The molecule has 2 rings (SSSR count). The number of unbranched alkanes of at least 4 members (excludes halogenated alkanes) is 1. The Morgan fingerprint density at radius 1 is 0.778 bits per heavy atom. The first-order chi connectivity index (χ1) is 21.5. The Morgan fingerprint density at radius 3 is 2.09 bits per heavy atom. The summed E-state index contributed by atoms with van der Waals surface area (Å²) in [6.45, 7) is 5.41. The van der Waals surface area contributed by atoms with Gasteiger partial charge in [0.2, 0.25) is 11.8 Å². The Bertz CT molecular complexity index is 1130. The van der Waals surface area contributed by atoms with E-state index in [1.165, 1.54) is 13.8 Å². The predicted octanol–water partition coefficient (Wildman–Crippen LogP) is 1.26. The van der Waals surface area contributed by atoms with Gasteiger partial charge in [-0.2, -0.15) is 0 Å². The van der Waals surface area contributed by atoms with E-state index >= 15 is 0 Å². The van der Waals surface area contributed by atoms with Crippen molar-refractivity contribution in [1.29, 1.82) is 0 Å². The third-order valence-electron chi connectivity index (χ3n) is 6.31. The lowest BCUT2D eigenvalue weighted by molar-refractivity contribution is -0.277. The summed E-state index contributed by atoms with van der Waals surface area (Å²) in [5, 5.41) is 8.04. The molecule has 0 bridgehead atoms. The molecule has 15 heteroatoms. The van der Waals surface area contributed by atoms with E-state index in [1.54, 1.807) is 0 Å². The summed E-state index contributed by atoms with van der Waals surface area (Å²) < 4.78 is 32.8. The number of benzene rings is 1. The van der Waals surface area contributed by atoms with Crippen LogP contribution in [0, 0.1) is 0 Å². The van der Waals surface area contributed by atoms with E-state index in [0.717, 1.165) is 19.4 Å². The van der Waals surface area contributed by atoms with Gasteiger partial charge in [0.1, 0.15) is 25.4 Å². The molecule has 1 fully saturated rings. The van der Waals surface area contributed by atoms with Crippen molar-refractivity contribution in [2.24, 2.45) is 0 Å². The number of carbonyl (C=O) groups is 6. The monoisotopic (exact) mass is 637 g/mol. The zero-order valence-electron chi connectivity index (χ0n) is 26.0. The second-order valence-corrected chi connectivity index (χ2v) is 10.2. The molecule has 0 saturated carbocycles. The molecule has 0 spiro atoms. The Kier molecular flexibility index (Phi) is 16.4. The van der Waals surface area contributed by atoms with Crippen LogP contribution in [0.1, 0.15) is 58.9 Å². The van der Waals surface area contributed by atoms with Gasteiger partial charge in [0, 0.05) is 53.8 Å². The van der Waals surface area contributed by atoms with Crippen LogP contribution in [0.2, 0.25) is 0 Å². The molecule has 0 radical (unpaired) electrons. The highest BCUT2D eigenvalue weighted by Crippen LogP contribution is 2.28. The third-order valence-corrected chi connectivity index (χ3v) is 6.31. The number of alkyl carbamates (subject to hydrolysis) is 1. The SMILES string of the molecule is CC(=O)NC1C(OCCCCC(=O)NCCCNC(=O)OCc2ccccc2)OC(COC(C)=O)C(OC(C)=O)C1OC(C)=O. The lowest BCUT2D eigenvalue weighted by atomic mass is 9.96. The maximum absolute atomic E-state index is 12.2. The minimum atomic E-state index is -1.21. The van der Waals surface area contributed by atoms with Gasteiger partial charge in [0.15, 0.2) is 18.5 Å². The zero-order chi connectivity index (χ0) is 33.2. The van der Waals surface area contributed by atoms with Crippen LogP contribution in [0.15, 0.2) is 30.3 Å². The predicted molar refractivity (Wildman–Crippen MR) is 156 cm³/mol. The number of carbonyl (C=O) groups excluding carboxylic acids is 6. The summed E-state index contributed by atoms with van der Waals surface area (Å²) in [7, 11) is 0. The van der Waals surface area contributed by atoms with Crippen LogP contribution in [-0.2, 0) is 59.0 Å². The van der Waals surface area contributed by atoms with Crippen LogP contribution < -0.4 is 16.0 Å². The van der Waals surface area contributed by atoms with Gasteiger partial charge in [-0.1, -0.05) is 30.3 Å². The van der Waals surface area contributed by atoms with E-state index in [0.29, 0.717) is 32.4 Å². The Hall–Kier alpha value is -4.24. The lowest BCUT2D eigenvalue weighted by Gasteiger charge is -2.44. The topological polar surface area (TPSA) is 194 Å². The van der Waals surface area contributed by atoms with E-state index in [9.17, 15) is 28.8 Å². The van der Waals surface area contributed by atoms with Gasteiger partial charge in [0.05, 0.1) is 0 Å². The number of hydrogen-bond donors (Lipinski definition) is 3. The normalized spacial score (nSPS) is 20.7. The number of rotatable bonds is 17. The molecule has 5 unspecified atom stereocenters. The summed E-state index contributed by atoms with van der Waals surface area (Å²) in [5.74, 6) is -2.67. The lowest BCUT2D eigenvalue weighted by Crippen LogP contribution is -2.66. The minimum absolute atomic E-state index is 0.106. The first-order valence-electron chi connectivity index (χ1n) is 14.7. The van der Waals surface area contributed by atoms with E-state index < -0.39 is 60.6 Å². The van der Waals surface area contributed by atoms with E-state index in [4.69, 9.17) is 28.4 Å². The van der Waals surface area contributed by atoms with Crippen LogP contribution in [0.5, 0.6) is 0 Å². The van der Waals surface area contributed by atoms with Crippen LogP contribution >= 0.6 is 0 Å². The summed E-state index contributed by atoms with van der Waals surface area (Å²) in [5.41, 5.74) is 0.881. The number of ether oxygens (including phenoxy) is 6. The van der Waals surface area contributed by atoms with Crippen molar-refractivity contribution >= 4 is 35.8 Å². The maximum Gasteiger partial charge on any atom is 0.407 e. The van der Waals surface area contributed by atoms with Gasteiger partial charge < -0.3 is 44.4 Å². The summed E-state index contributed by atoms with van der Waals surface area (Å²) in [6, 6.07) is 8.24. The molecule has 5 atom stereocenters. The molecule has 15 nitrogen and oxygen atoms in total. The zero-order valence-corrected chi connectivity index (χ0v) is 26.0. The van der Waals surface area contributed by atoms with Crippen LogP contribution in [0.25, 0.3) is 0 Å². The van der Waals surface area contributed by atoms with Crippen molar-refractivity contribution in [3.8, 4) is 0 Å². The molecule has 1 aliphatic rings. The van der Waals surface area contributed by atoms with Crippen molar-refractivity contribution in [3.63, 3.8) is 0 Å². The molecule has 45 heavy (non-hydrogen) atoms. The third kappa shape index (κ3) is 14.9. The molecule has 3 amide bonds. The van der Waals surface area contributed by atoms with Crippen molar-refractivity contribution in [3.05, 3.63) is 35.9 Å². The quantitative estimate of drug-likeness (QED) is 0.126. The number of esters is 3. The van der Waals surface area contributed by atoms with Crippen LogP contribution in [-0.4, -0.2) is 92.8 Å². The Balaban J connectivity index is 1.79. The Labute approximate surface area is 261 Å². The molecular weight excluding hydrogens is 594 g/mol. The number of hydrogen-bond acceptors (Lipinski definition) is 12. The molecule has 250 valence electrons. The van der Waals surface area contributed by atoms with Gasteiger partial charge in [0.25, 0.3) is 0 Å². The van der Waals surface area contributed by atoms with E-state index in [1.807, 2.05) is 30.3 Å². The van der Waals surface area contributed by atoms with Crippen molar-refractivity contribution in [2.75, 3.05) is 26.3 Å². The van der Waals surface area contributed by atoms with E-state index in [-0.39, 0.29) is 32.1 Å². The smallest absolute Gasteiger partial charge is 0.407 e. The highest BCUT2D eigenvalue weighted by Gasteiger charge is 2.51. The van der Waals surface area contributed by atoms with Gasteiger partial charge in [-0.25, -0.2) is 4.79 Å². The Morgan fingerprint density at radius 2 is 1.44 bits per heavy atom. The molecule has 1 aliphatic heterocycles. The fourth-order valence-corrected chi connectivity index (χ4v) is 4.39. The average molecular weight is 638 g/mol. The highest BCUT2D eigenvalue weighted by molar-refractivity contribution is 5.75. The van der Waals surface area contributed by atoms with E-state index in [2.05, 4.69) is 16.0 Å².